The molecule has 3 rings (SSSR count). The Balaban J connectivity index is 1.80. The minimum absolute atomic E-state index is 0.0318. The second-order valence-corrected chi connectivity index (χ2v) is 5.57. The Morgan fingerprint density at radius 3 is 2.83 bits per heavy atom. The van der Waals surface area contributed by atoms with Gasteiger partial charge in [-0.2, -0.15) is 5.26 Å². The fourth-order valence-electron chi connectivity index (χ4n) is 2.44. The lowest BCUT2D eigenvalue weighted by molar-refractivity contribution is -0.147. The van der Waals surface area contributed by atoms with Crippen LogP contribution in [0.2, 0.25) is 5.15 Å². The molecule has 1 saturated heterocycles. The number of aromatic nitrogens is 2. The van der Waals surface area contributed by atoms with Crippen molar-refractivity contribution in [1.82, 2.24) is 9.97 Å². The van der Waals surface area contributed by atoms with Crippen molar-refractivity contribution in [3.8, 4) is 6.07 Å². The first-order valence-electron chi connectivity index (χ1n) is 7.29. The summed E-state index contributed by atoms with van der Waals surface area (Å²) in [6.07, 6.45) is 1.70. The van der Waals surface area contributed by atoms with Gasteiger partial charge in [0.1, 0.15) is 12.3 Å². The largest absolute Gasteiger partial charge is 0.462 e. The standard InChI is InChI=1S/C16H14ClN3O3/c17-15-14(19-12-5-1-2-6-13(12)20-15)11(8-18)16(21)23-9-10-4-3-7-22-10/h1-2,5-6,10-11H,3-4,7,9H2/t10-,11-/m1/s1. The van der Waals surface area contributed by atoms with E-state index in [1.54, 1.807) is 18.2 Å². The van der Waals surface area contributed by atoms with Gasteiger partial charge < -0.3 is 9.47 Å². The molecule has 0 amide bonds. The predicted molar refractivity (Wildman–Crippen MR) is 82.8 cm³/mol. The molecule has 1 aromatic heterocycles. The summed E-state index contributed by atoms with van der Waals surface area (Å²) in [6, 6.07) is 9.01. The Morgan fingerprint density at radius 1 is 1.43 bits per heavy atom. The van der Waals surface area contributed by atoms with Gasteiger partial charge in [-0.25, -0.2) is 9.97 Å². The maximum Gasteiger partial charge on any atom is 0.329 e. The van der Waals surface area contributed by atoms with Gasteiger partial charge in [-0.15, -0.1) is 0 Å². The lowest BCUT2D eigenvalue weighted by Crippen LogP contribution is -2.22. The van der Waals surface area contributed by atoms with Gasteiger partial charge in [0.2, 0.25) is 0 Å². The molecule has 0 aliphatic carbocycles. The number of carbonyl (C=O) groups excluding carboxylic acids is 1. The molecule has 23 heavy (non-hydrogen) atoms. The first kappa shape index (κ1) is 15.7. The van der Waals surface area contributed by atoms with Gasteiger partial charge in [0, 0.05) is 6.61 Å². The van der Waals surface area contributed by atoms with E-state index in [-0.39, 0.29) is 23.6 Å². The minimum atomic E-state index is -1.21. The lowest BCUT2D eigenvalue weighted by Gasteiger charge is -2.13. The van der Waals surface area contributed by atoms with Crippen LogP contribution in [-0.2, 0) is 14.3 Å². The van der Waals surface area contributed by atoms with Crippen LogP contribution in [0.4, 0.5) is 0 Å². The van der Waals surface area contributed by atoms with Crippen molar-refractivity contribution in [1.29, 1.82) is 5.26 Å². The zero-order valence-corrected chi connectivity index (χ0v) is 13.0. The summed E-state index contributed by atoms with van der Waals surface area (Å²) >= 11 is 6.09. The average molecular weight is 332 g/mol. The van der Waals surface area contributed by atoms with Gasteiger partial charge in [-0.05, 0) is 25.0 Å². The number of halogens is 1. The molecule has 1 aliphatic heterocycles. The number of hydrogen-bond donors (Lipinski definition) is 0. The average Bonchev–Trinajstić information content (AvgIpc) is 3.07. The van der Waals surface area contributed by atoms with E-state index in [0.717, 1.165) is 12.8 Å². The van der Waals surface area contributed by atoms with Gasteiger partial charge in [0.05, 0.1) is 23.2 Å². The third-order valence-corrected chi connectivity index (χ3v) is 3.90. The van der Waals surface area contributed by atoms with Crippen LogP contribution in [0.5, 0.6) is 0 Å². The maximum atomic E-state index is 12.2. The summed E-state index contributed by atoms with van der Waals surface area (Å²) in [4.78, 5) is 20.7. The second-order valence-electron chi connectivity index (χ2n) is 5.22. The fourth-order valence-corrected chi connectivity index (χ4v) is 2.68. The minimum Gasteiger partial charge on any atom is -0.462 e. The highest BCUT2D eigenvalue weighted by molar-refractivity contribution is 6.30. The molecule has 1 aromatic carbocycles. The molecule has 7 heteroatoms. The molecule has 0 N–H and O–H groups in total. The predicted octanol–water partition coefficient (Wildman–Crippen LogP) is 2.61. The third-order valence-electron chi connectivity index (χ3n) is 3.63. The summed E-state index contributed by atoms with van der Waals surface area (Å²) in [5, 5.41) is 9.36. The molecule has 1 fully saturated rings. The van der Waals surface area contributed by atoms with Crippen molar-refractivity contribution in [3.63, 3.8) is 0 Å². The van der Waals surface area contributed by atoms with E-state index in [1.165, 1.54) is 0 Å². The quantitative estimate of drug-likeness (QED) is 0.800. The van der Waals surface area contributed by atoms with Crippen LogP contribution in [0.1, 0.15) is 24.5 Å². The summed E-state index contributed by atoms with van der Waals surface area (Å²) in [7, 11) is 0. The summed E-state index contributed by atoms with van der Waals surface area (Å²) in [5.74, 6) is -1.89. The van der Waals surface area contributed by atoms with Crippen molar-refractivity contribution in [2.24, 2.45) is 0 Å². The molecule has 2 atom stereocenters. The number of carbonyl (C=O) groups is 1. The molecule has 6 nitrogen and oxygen atoms in total. The third kappa shape index (κ3) is 3.41. The molecule has 1 aliphatic rings. The van der Waals surface area contributed by atoms with Crippen LogP contribution in [0.15, 0.2) is 24.3 Å². The van der Waals surface area contributed by atoms with Crippen LogP contribution in [0, 0.1) is 11.3 Å². The van der Waals surface area contributed by atoms with Gasteiger partial charge in [0.25, 0.3) is 0 Å². The van der Waals surface area contributed by atoms with E-state index in [1.807, 2.05) is 12.1 Å². The van der Waals surface area contributed by atoms with Crippen LogP contribution >= 0.6 is 11.6 Å². The highest BCUT2D eigenvalue weighted by Crippen LogP contribution is 2.25. The molecule has 0 bridgehead atoms. The van der Waals surface area contributed by atoms with Gasteiger partial charge >= 0.3 is 5.97 Å². The molecule has 2 heterocycles. The number of esters is 1. The number of fused-ring (bicyclic) bond motifs is 1. The number of hydrogen-bond acceptors (Lipinski definition) is 6. The topological polar surface area (TPSA) is 85.1 Å². The Labute approximate surface area is 138 Å². The Hall–Kier alpha value is -2.23. The Morgan fingerprint density at radius 2 is 2.17 bits per heavy atom. The zero-order valence-electron chi connectivity index (χ0n) is 12.2. The first-order chi connectivity index (χ1) is 11.2. The van der Waals surface area contributed by atoms with E-state index in [9.17, 15) is 10.1 Å². The van der Waals surface area contributed by atoms with E-state index in [2.05, 4.69) is 9.97 Å². The first-order valence-corrected chi connectivity index (χ1v) is 7.67. The zero-order chi connectivity index (χ0) is 16.2. The van der Waals surface area contributed by atoms with Crippen LogP contribution < -0.4 is 0 Å². The molecule has 0 spiro atoms. The van der Waals surface area contributed by atoms with Gasteiger partial charge in [-0.3, -0.25) is 4.79 Å². The molecular weight excluding hydrogens is 318 g/mol. The van der Waals surface area contributed by atoms with Crippen molar-refractivity contribution < 1.29 is 14.3 Å². The van der Waals surface area contributed by atoms with Gasteiger partial charge in [0.15, 0.2) is 11.1 Å². The highest BCUT2D eigenvalue weighted by atomic mass is 35.5. The number of nitrogens with zero attached hydrogens (tertiary/aromatic N) is 3. The smallest absolute Gasteiger partial charge is 0.329 e. The number of nitriles is 1. The van der Waals surface area contributed by atoms with Crippen LogP contribution in [-0.4, -0.2) is 35.3 Å². The monoisotopic (exact) mass is 331 g/mol. The molecule has 118 valence electrons. The van der Waals surface area contributed by atoms with Crippen molar-refractivity contribution in [3.05, 3.63) is 35.1 Å². The molecule has 0 saturated carbocycles. The van der Waals surface area contributed by atoms with Crippen molar-refractivity contribution in [2.45, 2.75) is 24.9 Å². The number of benzene rings is 1. The molecule has 2 aromatic rings. The van der Waals surface area contributed by atoms with Crippen LogP contribution in [0.3, 0.4) is 0 Å². The fraction of sp³-hybridized carbons (Fsp3) is 0.375. The van der Waals surface area contributed by atoms with E-state index < -0.39 is 11.9 Å². The number of para-hydroxylation sites is 2. The normalized spacial score (nSPS) is 18.5. The summed E-state index contributed by atoms with van der Waals surface area (Å²) < 4.78 is 10.6. The molecule has 0 unspecified atom stereocenters. The van der Waals surface area contributed by atoms with E-state index in [4.69, 9.17) is 21.1 Å². The SMILES string of the molecule is N#C[C@@H](C(=O)OC[C@H]1CCCO1)c1nc2ccccc2nc1Cl. The van der Waals surface area contributed by atoms with E-state index in [0.29, 0.717) is 17.6 Å². The summed E-state index contributed by atoms with van der Waals surface area (Å²) in [5.41, 5.74) is 1.29. The maximum absolute atomic E-state index is 12.2. The number of rotatable bonds is 4. The van der Waals surface area contributed by atoms with Gasteiger partial charge in [-0.1, -0.05) is 23.7 Å². The Bertz CT molecular complexity index is 769. The highest BCUT2D eigenvalue weighted by Gasteiger charge is 2.28. The van der Waals surface area contributed by atoms with Crippen molar-refractivity contribution in [2.75, 3.05) is 13.2 Å². The summed E-state index contributed by atoms with van der Waals surface area (Å²) in [6.45, 7) is 0.807. The number of ether oxygens (including phenoxy) is 2. The van der Waals surface area contributed by atoms with Crippen LogP contribution in [0.25, 0.3) is 11.0 Å². The van der Waals surface area contributed by atoms with Crippen molar-refractivity contribution >= 4 is 28.6 Å². The molecule has 0 radical (unpaired) electrons. The Kier molecular flexibility index (Phi) is 4.70. The lowest BCUT2D eigenvalue weighted by atomic mass is 10.1. The molecular formula is C16H14ClN3O3. The second kappa shape index (κ2) is 6.90. The van der Waals surface area contributed by atoms with E-state index >= 15 is 0 Å².